The van der Waals surface area contributed by atoms with Crippen LogP contribution >= 0.6 is 0 Å². The molecule has 1 aromatic carbocycles. The van der Waals surface area contributed by atoms with Crippen LogP contribution in [0.15, 0.2) is 36.7 Å². The van der Waals surface area contributed by atoms with E-state index in [1.807, 2.05) is 48.4 Å². The van der Waals surface area contributed by atoms with Crippen molar-refractivity contribution < 1.29 is 9.53 Å². The monoisotopic (exact) mass is 357 g/mol. The summed E-state index contributed by atoms with van der Waals surface area (Å²) in [5.74, 6) is 0.803. The van der Waals surface area contributed by atoms with Crippen LogP contribution in [0, 0.1) is 0 Å². The van der Waals surface area contributed by atoms with E-state index < -0.39 is 5.54 Å². The molecule has 2 heterocycles. The summed E-state index contributed by atoms with van der Waals surface area (Å²) in [6, 6.07) is 7.71. The molecule has 1 fully saturated rings. The zero-order chi connectivity index (χ0) is 18.6. The summed E-state index contributed by atoms with van der Waals surface area (Å²) in [4.78, 5) is 15.0. The van der Waals surface area contributed by atoms with Crippen molar-refractivity contribution in [2.24, 2.45) is 7.05 Å². The van der Waals surface area contributed by atoms with E-state index in [1.165, 1.54) is 5.56 Å². The van der Waals surface area contributed by atoms with E-state index >= 15 is 0 Å². The molecule has 0 unspecified atom stereocenters. The SMILES string of the molecule is CNC(=O)C1(Nc2cccc(OC)c2)CCN(Cc2cnn(C)c2)CC1. The highest BCUT2D eigenvalue weighted by Crippen LogP contribution is 2.29. The van der Waals surface area contributed by atoms with Gasteiger partial charge in [-0.15, -0.1) is 0 Å². The van der Waals surface area contributed by atoms with Crippen LogP contribution in [0.2, 0.25) is 0 Å². The maximum Gasteiger partial charge on any atom is 0.245 e. The Bertz CT molecular complexity index is 750. The lowest BCUT2D eigenvalue weighted by atomic mass is 9.86. The lowest BCUT2D eigenvalue weighted by Crippen LogP contribution is -2.57. The average molecular weight is 357 g/mol. The molecule has 1 aliphatic rings. The Hall–Kier alpha value is -2.54. The number of nitrogens with zero attached hydrogens (tertiary/aromatic N) is 3. The maximum absolute atomic E-state index is 12.7. The second-order valence-electron chi connectivity index (χ2n) is 6.82. The smallest absolute Gasteiger partial charge is 0.245 e. The summed E-state index contributed by atoms with van der Waals surface area (Å²) in [7, 11) is 5.26. The van der Waals surface area contributed by atoms with Crippen LogP contribution in [-0.4, -0.2) is 53.4 Å². The number of likely N-dealkylation sites (N-methyl/N-ethyl adjacent to an activating group) is 1. The number of hydrogen-bond acceptors (Lipinski definition) is 5. The van der Waals surface area contributed by atoms with E-state index in [0.717, 1.165) is 43.9 Å². The first-order valence-electron chi connectivity index (χ1n) is 8.89. The highest BCUT2D eigenvalue weighted by molar-refractivity contribution is 5.89. The van der Waals surface area contributed by atoms with Crippen molar-refractivity contribution in [3.8, 4) is 5.75 Å². The van der Waals surface area contributed by atoms with Gasteiger partial charge in [0.25, 0.3) is 0 Å². The first-order valence-corrected chi connectivity index (χ1v) is 8.89. The van der Waals surface area contributed by atoms with E-state index in [-0.39, 0.29) is 5.91 Å². The Kier molecular flexibility index (Phi) is 5.46. The van der Waals surface area contributed by atoms with Crippen LogP contribution in [0.5, 0.6) is 5.75 Å². The minimum atomic E-state index is -0.605. The van der Waals surface area contributed by atoms with Crippen molar-refractivity contribution >= 4 is 11.6 Å². The number of methoxy groups -OCH3 is 1. The lowest BCUT2D eigenvalue weighted by molar-refractivity contribution is -0.126. The molecule has 0 saturated carbocycles. The number of amides is 1. The van der Waals surface area contributed by atoms with Crippen LogP contribution in [0.4, 0.5) is 5.69 Å². The second-order valence-corrected chi connectivity index (χ2v) is 6.82. The third-order valence-corrected chi connectivity index (χ3v) is 4.99. The van der Waals surface area contributed by atoms with Crippen LogP contribution in [0.3, 0.4) is 0 Å². The largest absolute Gasteiger partial charge is 0.497 e. The van der Waals surface area contributed by atoms with E-state index in [9.17, 15) is 4.79 Å². The van der Waals surface area contributed by atoms with Crippen LogP contribution < -0.4 is 15.4 Å². The molecule has 1 saturated heterocycles. The molecule has 3 rings (SSSR count). The quantitative estimate of drug-likeness (QED) is 0.822. The van der Waals surface area contributed by atoms with Gasteiger partial charge in [0.1, 0.15) is 11.3 Å². The molecule has 7 heteroatoms. The van der Waals surface area contributed by atoms with Gasteiger partial charge in [0, 0.05) is 57.2 Å². The van der Waals surface area contributed by atoms with Gasteiger partial charge in [-0.05, 0) is 25.0 Å². The second kappa shape index (κ2) is 7.78. The molecule has 0 spiro atoms. The molecule has 7 nitrogen and oxygen atoms in total. The summed E-state index contributed by atoms with van der Waals surface area (Å²) in [6.45, 7) is 2.55. The van der Waals surface area contributed by atoms with Gasteiger partial charge in [0.2, 0.25) is 5.91 Å². The summed E-state index contributed by atoms with van der Waals surface area (Å²) < 4.78 is 7.11. The number of anilines is 1. The molecule has 0 bridgehead atoms. The highest BCUT2D eigenvalue weighted by Gasteiger charge is 2.40. The van der Waals surface area contributed by atoms with Gasteiger partial charge in [0.05, 0.1) is 13.3 Å². The third kappa shape index (κ3) is 3.99. The molecule has 140 valence electrons. The van der Waals surface area contributed by atoms with Crippen LogP contribution in [-0.2, 0) is 18.4 Å². The predicted octanol–water partition coefficient (Wildman–Crippen LogP) is 1.62. The molecular formula is C19H27N5O2. The number of piperidine rings is 1. The topological polar surface area (TPSA) is 71.4 Å². The number of likely N-dealkylation sites (tertiary alicyclic amines) is 1. The molecule has 1 amide bonds. The standard InChI is InChI=1S/C19H27N5O2/c1-20-18(25)19(22-16-5-4-6-17(11-16)26-3)7-9-24(10-8-19)14-15-12-21-23(2)13-15/h4-6,11-13,22H,7-10,14H2,1-3H3,(H,20,25). The van der Waals surface area contributed by atoms with Gasteiger partial charge in [0.15, 0.2) is 0 Å². The van der Waals surface area contributed by atoms with Gasteiger partial charge < -0.3 is 15.4 Å². The Labute approximate surface area is 154 Å². The van der Waals surface area contributed by atoms with Crippen molar-refractivity contribution in [3.05, 3.63) is 42.2 Å². The number of nitrogens with one attached hydrogen (secondary N) is 2. The fraction of sp³-hybridized carbons (Fsp3) is 0.474. The first-order chi connectivity index (χ1) is 12.5. The van der Waals surface area contributed by atoms with Gasteiger partial charge >= 0.3 is 0 Å². The first kappa shape index (κ1) is 18.3. The van der Waals surface area contributed by atoms with Gasteiger partial charge in [-0.3, -0.25) is 14.4 Å². The Morgan fingerprint density at radius 1 is 1.35 bits per heavy atom. The fourth-order valence-electron chi connectivity index (χ4n) is 3.53. The number of ether oxygens (including phenoxy) is 1. The lowest BCUT2D eigenvalue weighted by Gasteiger charge is -2.41. The molecule has 1 aliphatic heterocycles. The zero-order valence-corrected chi connectivity index (χ0v) is 15.7. The molecular weight excluding hydrogens is 330 g/mol. The van der Waals surface area contributed by atoms with Gasteiger partial charge in [-0.2, -0.15) is 5.10 Å². The predicted molar refractivity (Wildman–Crippen MR) is 101 cm³/mol. The van der Waals surface area contributed by atoms with Crippen molar-refractivity contribution in [2.75, 3.05) is 32.6 Å². The molecule has 1 aromatic heterocycles. The molecule has 0 radical (unpaired) electrons. The third-order valence-electron chi connectivity index (χ3n) is 4.99. The van der Waals surface area contributed by atoms with E-state index in [0.29, 0.717) is 0 Å². The number of carbonyl (C=O) groups is 1. The number of rotatable bonds is 6. The van der Waals surface area contributed by atoms with E-state index in [1.54, 1.807) is 14.2 Å². The zero-order valence-electron chi connectivity index (χ0n) is 15.7. The number of aromatic nitrogens is 2. The Morgan fingerprint density at radius 3 is 2.73 bits per heavy atom. The Morgan fingerprint density at radius 2 is 2.12 bits per heavy atom. The van der Waals surface area contributed by atoms with Crippen molar-refractivity contribution in [3.63, 3.8) is 0 Å². The van der Waals surface area contributed by atoms with Crippen LogP contribution in [0.25, 0.3) is 0 Å². The van der Waals surface area contributed by atoms with Crippen LogP contribution in [0.1, 0.15) is 18.4 Å². The summed E-state index contributed by atoms with van der Waals surface area (Å²) in [5, 5.41) is 10.5. The minimum absolute atomic E-state index is 0.0290. The molecule has 2 aromatic rings. The van der Waals surface area contributed by atoms with Gasteiger partial charge in [-0.1, -0.05) is 6.07 Å². The average Bonchev–Trinajstić information content (AvgIpc) is 3.07. The van der Waals surface area contributed by atoms with Crippen molar-refractivity contribution in [2.45, 2.75) is 24.9 Å². The van der Waals surface area contributed by atoms with Crippen molar-refractivity contribution in [1.29, 1.82) is 0 Å². The summed E-state index contributed by atoms with van der Waals surface area (Å²) in [6.07, 6.45) is 5.42. The Balaban J connectivity index is 1.70. The van der Waals surface area contributed by atoms with E-state index in [4.69, 9.17) is 4.74 Å². The fourth-order valence-corrected chi connectivity index (χ4v) is 3.53. The van der Waals surface area contributed by atoms with Crippen molar-refractivity contribution in [1.82, 2.24) is 20.0 Å². The maximum atomic E-state index is 12.7. The number of benzene rings is 1. The number of carbonyl (C=O) groups excluding carboxylic acids is 1. The summed E-state index contributed by atoms with van der Waals surface area (Å²) in [5.41, 5.74) is 1.49. The molecule has 2 N–H and O–H groups in total. The van der Waals surface area contributed by atoms with E-state index in [2.05, 4.69) is 20.6 Å². The normalized spacial score (nSPS) is 16.9. The highest BCUT2D eigenvalue weighted by atomic mass is 16.5. The molecule has 26 heavy (non-hydrogen) atoms. The number of hydrogen-bond donors (Lipinski definition) is 2. The minimum Gasteiger partial charge on any atom is -0.497 e. The van der Waals surface area contributed by atoms with Gasteiger partial charge in [-0.25, -0.2) is 0 Å². The number of aryl methyl sites for hydroxylation is 1. The summed E-state index contributed by atoms with van der Waals surface area (Å²) >= 11 is 0. The molecule has 0 atom stereocenters. The molecule has 0 aliphatic carbocycles.